The molecule has 6 heteroatoms. The van der Waals surface area contributed by atoms with Crippen LogP contribution < -0.4 is 10.1 Å². The number of nitrogens with one attached hydrogen (secondary N) is 1. The molecule has 0 aromatic heterocycles. The van der Waals surface area contributed by atoms with Gasteiger partial charge in [-0.25, -0.2) is 0 Å². The Morgan fingerprint density at radius 3 is 2.62 bits per heavy atom. The van der Waals surface area contributed by atoms with E-state index in [4.69, 9.17) is 16.3 Å². The van der Waals surface area contributed by atoms with Crippen molar-refractivity contribution < 1.29 is 14.3 Å². The van der Waals surface area contributed by atoms with E-state index in [2.05, 4.69) is 5.32 Å². The van der Waals surface area contributed by atoms with E-state index in [1.165, 1.54) is 0 Å². The number of amides is 2. The van der Waals surface area contributed by atoms with Crippen LogP contribution in [0.15, 0.2) is 48.5 Å². The minimum absolute atomic E-state index is 0.0908. The zero-order valence-electron chi connectivity index (χ0n) is 17.3. The number of nitrogens with zero attached hydrogens (tertiary/aromatic N) is 1. The summed E-state index contributed by atoms with van der Waals surface area (Å²) in [7, 11) is 1.60. The van der Waals surface area contributed by atoms with Gasteiger partial charge >= 0.3 is 0 Å². The van der Waals surface area contributed by atoms with Gasteiger partial charge in [-0.2, -0.15) is 0 Å². The van der Waals surface area contributed by atoms with E-state index in [1.807, 2.05) is 55.5 Å². The molecule has 0 fully saturated rings. The summed E-state index contributed by atoms with van der Waals surface area (Å²) in [5.74, 6) is 0.474. The molecular formula is C23H29ClN2O3. The van der Waals surface area contributed by atoms with Crippen molar-refractivity contribution in [3.63, 3.8) is 0 Å². The molecule has 2 aromatic carbocycles. The van der Waals surface area contributed by atoms with E-state index in [0.717, 1.165) is 17.5 Å². The molecule has 1 atom stereocenters. The van der Waals surface area contributed by atoms with Gasteiger partial charge < -0.3 is 15.0 Å². The molecule has 5 nitrogen and oxygen atoms in total. The molecule has 0 radical (unpaired) electrons. The van der Waals surface area contributed by atoms with Crippen LogP contribution in [0.1, 0.15) is 37.8 Å². The SMILES string of the molecule is CCCNC(=O)[C@H](C)N(Cc1cccc(OC)c1)C(=O)CCc1ccccc1Cl. The summed E-state index contributed by atoms with van der Waals surface area (Å²) in [6, 6.07) is 14.5. The molecule has 2 aromatic rings. The number of aryl methyl sites for hydroxylation is 1. The summed E-state index contributed by atoms with van der Waals surface area (Å²) >= 11 is 6.22. The summed E-state index contributed by atoms with van der Waals surface area (Å²) in [6.07, 6.45) is 1.64. The van der Waals surface area contributed by atoms with E-state index in [-0.39, 0.29) is 18.2 Å². The summed E-state index contributed by atoms with van der Waals surface area (Å²) in [4.78, 5) is 27.2. The van der Waals surface area contributed by atoms with E-state index in [0.29, 0.717) is 30.3 Å². The van der Waals surface area contributed by atoms with Gasteiger partial charge in [0.1, 0.15) is 11.8 Å². The minimum Gasteiger partial charge on any atom is -0.497 e. The maximum atomic E-state index is 13.1. The maximum Gasteiger partial charge on any atom is 0.242 e. The smallest absolute Gasteiger partial charge is 0.242 e. The van der Waals surface area contributed by atoms with Crippen LogP contribution in [0.5, 0.6) is 5.75 Å². The van der Waals surface area contributed by atoms with Crippen molar-refractivity contribution in [1.29, 1.82) is 0 Å². The van der Waals surface area contributed by atoms with E-state index >= 15 is 0 Å². The Bertz CT molecular complexity index is 825. The molecule has 2 rings (SSSR count). The minimum atomic E-state index is -0.577. The van der Waals surface area contributed by atoms with Gasteiger partial charge in [0.15, 0.2) is 0 Å². The molecule has 0 unspecified atom stereocenters. The first-order valence-electron chi connectivity index (χ1n) is 9.89. The highest BCUT2D eigenvalue weighted by molar-refractivity contribution is 6.31. The predicted octanol–water partition coefficient (Wildman–Crippen LogP) is 4.22. The number of ether oxygens (including phenoxy) is 1. The zero-order chi connectivity index (χ0) is 21.2. The molecular weight excluding hydrogens is 388 g/mol. The zero-order valence-corrected chi connectivity index (χ0v) is 18.0. The normalized spacial score (nSPS) is 11.6. The Morgan fingerprint density at radius 2 is 1.93 bits per heavy atom. The highest BCUT2D eigenvalue weighted by Crippen LogP contribution is 2.20. The van der Waals surface area contributed by atoms with E-state index < -0.39 is 6.04 Å². The van der Waals surface area contributed by atoms with Gasteiger partial charge in [-0.05, 0) is 49.1 Å². The molecule has 156 valence electrons. The average molecular weight is 417 g/mol. The van der Waals surface area contributed by atoms with Gasteiger partial charge in [0.2, 0.25) is 11.8 Å². The number of halogens is 1. The molecule has 0 heterocycles. The Balaban J connectivity index is 2.16. The number of hydrogen-bond donors (Lipinski definition) is 1. The van der Waals surface area contributed by atoms with Crippen molar-refractivity contribution in [3.05, 3.63) is 64.7 Å². The molecule has 1 N–H and O–H groups in total. The van der Waals surface area contributed by atoms with Gasteiger partial charge in [0.05, 0.1) is 7.11 Å². The molecule has 0 spiro atoms. The summed E-state index contributed by atoms with van der Waals surface area (Å²) < 4.78 is 5.28. The van der Waals surface area contributed by atoms with Gasteiger partial charge in [-0.1, -0.05) is 48.9 Å². The van der Waals surface area contributed by atoms with Crippen LogP contribution >= 0.6 is 11.6 Å². The molecule has 0 aliphatic rings. The fourth-order valence-corrected chi connectivity index (χ4v) is 3.26. The van der Waals surface area contributed by atoms with Crippen LogP contribution in [0.3, 0.4) is 0 Å². The first kappa shape index (κ1) is 22.8. The number of hydrogen-bond acceptors (Lipinski definition) is 3. The molecule has 0 aliphatic heterocycles. The first-order chi connectivity index (χ1) is 14.0. The predicted molar refractivity (Wildman–Crippen MR) is 116 cm³/mol. The number of methoxy groups -OCH3 is 1. The number of benzene rings is 2. The molecule has 0 saturated heterocycles. The van der Waals surface area contributed by atoms with Gasteiger partial charge in [0.25, 0.3) is 0 Å². The summed E-state index contributed by atoms with van der Waals surface area (Å²) in [5.41, 5.74) is 1.83. The standard InChI is InChI=1S/C23H29ClN2O3/c1-4-14-25-23(28)17(2)26(16-18-8-7-10-20(15-18)29-3)22(27)13-12-19-9-5-6-11-21(19)24/h5-11,15,17H,4,12-14,16H2,1-3H3,(H,25,28)/t17-/m0/s1. The van der Waals surface area contributed by atoms with Gasteiger partial charge in [-0.3, -0.25) is 9.59 Å². The lowest BCUT2D eigenvalue weighted by Crippen LogP contribution is -2.47. The van der Waals surface area contributed by atoms with Crippen LogP contribution in [0.2, 0.25) is 5.02 Å². The van der Waals surface area contributed by atoms with E-state index in [9.17, 15) is 9.59 Å². The molecule has 2 amide bonds. The Morgan fingerprint density at radius 1 is 1.17 bits per heavy atom. The lowest BCUT2D eigenvalue weighted by atomic mass is 10.1. The third-order valence-corrected chi connectivity index (χ3v) is 5.14. The first-order valence-corrected chi connectivity index (χ1v) is 10.3. The molecule has 0 aliphatic carbocycles. The van der Waals surface area contributed by atoms with Crippen LogP contribution in [0.25, 0.3) is 0 Å². The quantitative estimate of drug-likeness (QED) is 0.630. The fourth-order valence-electron chi connectivity index (χ4n) is 3.03. The fraction of sp³-hybridized carbons (Fsp3) is 0.391. The van der Waals surface area contributed by atoms with Crippen LogP contribution in [0.4, 0.5) is 0 Å². The highest BCUT2D eigenvalue weighted by atomic mass is 35.5. The van der Waals surface area contributed by atoms with Crippen molar-refractivity contribution in [3.8, 4) is 5.75 Å². The molecule has 0 saturated carbocycles. The lowest BCUT2D eigenvalue weighted by Gasteiger charge is -2.29. The summed E-state index contributed by atoms with van der Waals surface area (Å²) in [5, 5.41) is 3.53. The third-order valence-electron chi connectivity index (χ3n) is 4.77. The van der Waals surface area contributed by atoms with Crippen LogP contribution in [-0.2, 0) is 22.6 Å². The number of carbonyl (C=O) groups excluding carboxylic acids is 2. The number of rotatable bonds is 10. The second-order valence-corrected chi connectivity index (χ2v) is 7.34. The van der Waals surface area contributed by atoms with Crippen molar-refractivity contribution in [2.24, 2.45) is 0 Å². The Hall–Kier alpha value is -2.53. The average Bonchev–Trinajstić information content (AvgIpc) is 2.74. The van der Waals surface area contributed by atoms with E-state index in [1.54, 1.807) is 18.9 Å². The van der Waals surface area contributed by atoms with Crippen molar-refractivity contribution in [1.82, 2.24) is 10.2 Å². The molecule has 0 bridgehead atoms. The number of carbonyl (C=O) groups is 2. The van der Waals surface area contributed by atoms with Crippen molar-refractivity contribution >= 4 is 23.4 Å². The second kappa shape index (κ2) is 11.5. The Kier molecular flexibility index (Phi) is 9.00. The second-order valence-electron chi connectivity index (χ2n) is 6.93. The van der Waals surface area contributed by atoms with Gasteiger partial charge in [0, 0.05) is 24.5 Å². The van der Waals surface area contributed by atoms with Crippen molar-refractivity contribution in [2.45, 2.75) is 45.7 Å². The lowest BCUT2D eigenvalue weighted by molar-refractivity contribution is -0.140. The topological polar surface area (TPSA) is 58.6 Å². The van der Waals surface area contributed by atoms with Crippen LogP contribution in [-0.4, -0.2) is 36.4 Å². The highest BCUT2D eigenvalue weighted by Gasteiger charge is 2.26. The Labute approximate surface area is 178 Å². The van der Waals surface area contributed by atoms with Gasteiger partial charge in [-0.15, -0.1) is 0 Å². The van der Waals surface area contributed by atoms with Crippen molar-refractivity contribution in [2.75, 3.05) is 13.7 Å². The monoisotopic (exact) mass is 416 g/mol. The van der Waals surface area contributed by atoms with Crippen LogP contribution in [0, 0.1) is 0 Å². The largest absolute Gasteiger partial charge is 0.497 e. The third kappa shape index (κ3) is 6.79. The summed E-state index contributed by atoms with van der Waals surface area (Å²) in [6.45, 7) is 4.68. The molecule has 29 heavy (non-hydrogen) atoms. The maximum absolute atomic E-state index is 13.1.